The minimum absolute atomic E-state index is 0.155. The summed E-state index contributed by atoms with van der Waals surface area (Å²) < 4.78 is 0. The number of hydrogen-bond acceptors (Lipinski definition) is 4. The normalized spacial score (nSPS) is 20.8. The highest BCUT2D eigenvalue weighted by atomic mass is 16.5. The SMILES string of the molecule is C[C@@H]1c2ccc(B3C(O)CCCCCN3O)cc2CN1C(c1ccccc1)(c1ccccc1)c1ccccc1. The highest BCUT2D eigenvalue weighted by molar-refractivity contribution is 6.71. The van der Waals surface area contributed by atoms with Crippen LogP contribution >= 0.6 is 0 Å². The first kappa shape index (κ1) is 26.0. The highest BCUT2D eigenvalue weighted by Crippen LogP contribution is 2.50. The van der Waals surface area contributed by atoms with Gasteiger partial charge in [0.25, 0.3) is 0 Å². The van der Waals surface area contributed by atoms with Gasteiger partial charge >= 0.3 is 6.85 Å². The molecule has 2 heterocycles. The van der Waals surface area contributed by atoms with Crippen LogP contribution in [0.25, 0.3) is 0 Å². The third kappa shape index (κ3) is 4.64. The molecular weight excluding hydrogens is 479 g/mol. The molecule has 0 bridgehead atoms. The molecule has 0 radical (unpaired) electrons. The van der Waals surface area contributed by atoms with Crippen molar-refractivity contribution < 1.29 is 10.3 Å². The summed E-state index contributed by atoms with van der Waals surface area (Å²) in [7, 11) is 0. The lowest BCUT2D eigenvalue weighted by Gasteiger charge is -2.46. The molecule has 6 rings (SSSR count). The van der Waals surface area contributed by atoms with E-state index >= 15 is 0 Å². The van der Waals surface area contributed by atoms with Gasteiger partial charge in [0, 0.05) is 19.1 Å². The Morgan fingerprint density at radius 3 is 1.87 bits per heavy atom. The van der Waals surface area contributed by atoms with Crippen molar-refractivity contribution in [3.63, 3.8) is 0 Å². The van der Waals surface area contributed by atoms with Gasteiger partial charge in [-0.2, -0.15) is 0 Å². The van der Waals surface area contributed by atoms with E-state index in [0.717, 1.165) is 31.3 Å². The Bertz CT molecular complexity index is 1270. The maximum Gasteiger partial charge on any atom is 0.317 e. The van der Waals surface area contributed by atoms with Crippen molar-refractivity contribution >= 4 is 12.3 Å². The van der Waals surface area contributed by atoms with Gasteiger partial charge in [-0.3, -0.25) is 4.90 Å². The zero-order valence-electron chi connectivity index (χ0n) is 22.7. The number of aliphatic hydroxyl groups is 1. The zero-order valence-corrected chi connectivity index (χ0v) is 22.7. The van der Waals surface area contributed by atoms with Gasteiger partial charge in [-0.25, -0.2) is 4.97 Å². The minimum Gasteiger partial charge on any atom is -0.399 e. The standard InChI is InChI=1S/C34H37BN2O2/c1-26-32-22-21-31(35-33(38)20-12-5-13-23-37(35)39)24-27(32)25-36(26)34(28-14-6-2-7-15-28,29-16-8-3-9-17-29)30-18-10-4-11-19-30/h2-4,6-11,14-19,21-22,24,26,33,38-39H,5,12-13,20,23,25H2,1H3/t26-,33?/m1/s1. The average molecular weight is 516 g/mol. The smallest absolute Gasteiger partial charge is 0.317 e. The van der Waals surface area contributed by atoms with Crippen molar-refractivity contribution in [2.45, 2.75) is 56.7 Å². The molecule has 39 heavy (non-hydrogen) atoms. The number of rotatable bonds is 5. The van der Waals surface area contributed by atoms with Gasteiger partial charge in [-0.05, 0) is 47.6 Å². The first-order valence-electron chi connectivity index (χ1n) is 14.3. The Hall–Kier alpha value is -3.22. The van der Waals surface area contributed by atoms with E-state index in [0.29, 0.717) is 13.0 Å². The first-order chi connectivity index (χ1) is 19.1. The van der Waals surface area contributed by atoms with Crippen LogP contribution in [0.4, 0.5) is 0 Å². The third-order valence-electron chi connectivity index (χ3n) is 8.85. The zero-order chi connectivity index (χ0) is 26.8. The van der Waals surface area contributed by atoms with Crippen molar-refractivity contribution in [3.8, 4) is 0 Å². The summed E-state index contributed by atoms with van der Waals surface area (Å²) in [5, 5.41) is 21.9. The molecule has 5 heteroatoms. The molecule has 4 aromatic rings. The average Bonchev–Trinajstić information content (AvgIpc) is 3.30. The molecule has 2 aliphatic heterocycles. The number of hydroxylamine groups is 1. The summed E-state index contributed by atoms with van der Waals surface area (Å²) in [5.41, 5.74) is 6.76. The Kier molecular flexibility index (Phi) is 7.41. The van der Waals surface area contributed by atoms with Gasteiger partial charge in [0.1, 0.15) is 0 Å². The molecule has 1 saturated heterocycles. The van der Waals surface area contributed by atoms with Crippen molar-refractivity contribution in [3.05, 3.63) is 137 Å². The molecule has 2 N–H and O–H groups in total. The number of benzene rings is 4. The van der Waals surface area contributed by atoms with Gasteiger partial charge < -0.3 is 10.3 Å². The van der Waals surface area contributed by atoms with E-state index < -0.39 is 18.4 Å². The van der Waals surface area contributed by atoms with Gasteiger partial charge in [-0.1, -0.05) is 127 Å². The Morgan fingerprint density at radius 2 is 1.31 bits per heavy atom. The summed E-state index contributed by atoms with van der Waals surface area (Å²) in [6.07, 6.45) is 3.69. The molecule has 4 nitrogen and oxygen atoms in total. The lowest BCUT2D eigenvalue weighted by Crippen LogP contribution is -2.56. The van der Waals surface area contributed by atoms with Gasteiger partial charge in [0.15, 0.2) is 0 Å². The minimum atomic E-state index is -0.583. The van der Waals surface area contributed by atoms with Gasteiger partial charge in [0.05, 0.1) is 11.5 Å². The number of nitrogens with zero attached hydrogens (tertiary/aromatic N) is 2. The van der Waals surface area contributed by atoms with E-state index in [9.17, 15) is 10.3 Å². The predicted octanol–water partition coefficient (Wildman–Crippen LogP) is 5.92. The Balaban J connectivity index is 1.48. The van der Waals surface area contributed by atoms with Crippen LogP contribution in [0.15, 0.2) is 109 Å². The largest absolute Gasteiger partial charge is 0.399 e. The summed E-state index contributed by atoms with van der Waals surface area (Å²) in [5.74, 6) is 0. The summed E-state index contributed by atoms with van der Waals surface area (Å²) in [4.78, 5) is 3.98. The van der Waals surface area contributed by atoms with E-state index in [1.165, 1.54) is 32.8 Å². The summed E-state index contributed by atoms with van der Waals surface area (Å²) >= 11 is 0. The molecule has 0 spiro atoms. The van der Waals surface area contributed by atoms with Gasteiger partial charge in [0.2, 0.25) is 0 Å². The highest BCUT2D eigenvalue weighted by Gasteiger charge is 2.47. The van der Waals surface area contributed by atoms with E-state index in [2.05, 4.69) is 121 Å². The number of hydrogen-bond donors (Lipinski definition) is 2. The molecule has 2 atom stereocenters. The lowest BCUT2D eigenvalue weighted by atomic mass is 9.49. The topological polar surface area (TPSA) is 46.9 Å². The van der Waals surface area contributed by atoms with Crippen LogP contribution < -0.4 is 5.46 Å². The van der Waals surface area contributed by atoms with E-state index in [-0.39, 0.29) is 6.04 Å². The monoisotopic (exact) mass is 516 g/mol. The number of fused-ring (bicyclic) bond motifs is 1. The second-order valence-corrected chi connectivity index (χ2v) is 11.1. The summed E-state index contributed by atoms with van der Waals surface area (Å²) in [6, 6.07) is 38.7. The molecular formula is C34H37BN2O2. The van der Waals surface area contributed by atoms with E-state index in [4.69, 9.17) is 0 Å². The molecule has 0 amide bonds. The van der Waals surface area contributed by atoms with Crippen LogP contribution in [0.3, 0.4) is 0 Å². The number of aliphatic hydroxyl groups excluding tert-OH is 1. The predicted molar refractivity (Wildman–Crippen MR) is 158 cm³/mol. The van der Waals surface area contributed by atoms with Crippen molar-refractivity contribution in [2.24, 2.45) is 0 Å². The van der Waals surface area contributed by atoms with Crippen LogP contribution in [0.1, 0.15) is 66.5 Å². The third-order valence-corrected chi connectivity index (χ3v) is 8.85. The van der Waals surface area contributed by atoms with Crippen LogP contribution in [0.5, 0.6) is 0 Å². The molecule has 0 aromatic heterocycles. The fourth-order valence-corrected chi connectivity index (χ4v) is 6.98. The molecule has 1 fully saturated rings. The maximum absolute atomic E-state index is 11.0. The van der Waals surface area contributed by atoms with Crippen molar-refractivity contribution in [1.29, 1.82) is 0 Å². The molecule has 4 aromatic carbocycles. The van der Waals surface area contributed by atoms with E-state index in [1.807, 2.05) is 0 Å². The molecule has 1 unspecified atom stereocenters. The molecule has 198 valence electrons. The van der Waals surface area contributed by atoms with E-state index in [1.54, 1.807) is 0 Å². The van der Waals surface area contributed by atoms with Crippen molar-refractivity contribution in [2.75, 3.05) is 6.54 Å². The van der Waals surface area contributed by atoms with Gasteiger partial charge in [-0.15, -0.1) is 0 Å². The van der Waals surface area contributed by atoms with Crippen LogP contribution in [-0.2, 0) is 12.1 Å². The second-order valence-electron chi connectivity index (χ2n) is 11.1. The second kappa shape index (κ2) is 11.1. The fraction of sp³-hybridized carbons (Fsp3) is 0.294. The van der Waals surface area contributed by atoms with Crippen LogP contribution in [-0.4, -0.2) is 39.6 Å². The quantitative estimate of drug-likeness (QED) is 0.256. The molecule has 2 aliphatic rings. The molecule has 0 aliphatic carbocycles. The Labute approximate surface area is 232 Å². The lowest BCUT2D eigenvalue weighted by molar-refractivity contribution is -0.0164. The first-order valence-corrected chi connectivity index (χ1v) is 14.3. The fourth-order valence-electron chi connectivity index (χ4n) is 6.98. The molecule has 0 saturated carbocycles. The van der Waals surface area contributed by atoms with Crippen LogP contribution in [0.2, 0.25) is 0 Å². The van der Waals surface area contributed by atoms with Crippen molar-refractivity contribution in [1.82, 2.24) is 9.87 Å². The maximum atomic E-state index is 11.0. The Morgan fingerprint density at radius 1 is 0.744 bits per heavy atom. The summed E-state index contributed by atoms with van der Waals surface area (Å²) in [6.45, 7) is 3.25. The van der Waals surface area contributed by atoms with Crippen LogP contribution in [0, 0.1) is 0 Å².